The molecule has 0 radical (unpaired) electrons. The number of fused-ring (bicyclic) bond motifs is 3. The molecule has 0 bridgehead atoms. The molecule has 4 aromatic rings. The third-order valence-corrected chi connectivity index (χ3v) is 4.26. The number of carbonyl (C=O) groups is 1. The lowest BCUT2D eigenvalue weighted by Gasteiger charge is -1.99. The SMILES string of the molecule is Cn1cccc1C(=O)c1n[nH]n2c1nc(=O)c1sccc12. The van der Waals surface area contributed by atoms with E-state index < -0.39 is 0 Å². The number of nitrogens with one attached hydrogen (secondary N) is 1. The summed E-state index contributed by atoms with van der Waals surface area (Å²) in [7, 11) is 1.78. The van der Waals surface area contributed by atoms with Crippen LogP contribution in [0, 0.1) is 0 Å². The monoisotopic (exact) mass is 299 g/mol. The topological polar surface area (TPSA) is 85.1 Å². The summed E-state index contributed by atoms with van der Waals surface area (Å²) in [6, 6.07) is 5.28. The fourth-order valence-corrected chi connectivity index (χ4v) is 3.09. The molecule has 0 aromatic carbocycles. The van der Waals surface area contributed by atoms with Gasteiger partial charge in [0.25, 0.3) is 5.56 Å². The molecule has 8 heteroatoms. The van der Waals surface area contributed by atoms with Crippen LogP contribution >= 0.6 is 11.3 Å². The van der Waals surface area contributed by atoms with Crippen LogP contribution in [0.15, 0.2) is 34.6 Å². The molecule has 0 aliphatic rings. The maximum atomic E-state index is 12.5. The quantitative estimate of drug-likeness (QED) is 0.564. The maximum Gasteiger partial charge on any atom is 0.291 e. The van der Waals surface area contributed by atoms with Crippen LogP contribution in [0.3, 0.4) is 0 Å². The highest BCUT2D eigenvalue weighted by Crippen LogP contribution is 2.19. The highest BCUT2D eigenvalue weighted by molar-refractivity contribution is 7.17. The number of hydrogen-bond donors (Lipinski definition) is 1. The highest BCUT2D eigenvalue weighted by atomic mass is 32.1. The van der Waals surface area contributed by atoms with E-state index in [2.05, 4.69) is 15.3 Å². The highest BCUT2D eigenvalue weighted by Gasteiger charge is 2.21. The average Bonchev–Trinajstić information content (AvgIpc) is 3.15. The first kappa shape index (κ1) is 12.0. The molecule has 0 atom stereocenters. The fourth-order valence-electron chi connectivity index (χ4n) is 2.33. The lowest BCUT2D eigenvalue weighted by molar-refractivity contribution is 0.102. The Kier molecular flexibility index (Phi) is 2.36. The van der Waals surface area contributed by atoms with Crippen molar-refractivity contribution in [3.05, 3.63) is 51.5 Å². The normalized spacial score (nSPS) is 11.5. The van der Waals surface area contributed by atoms with Crippen molar-refractivity contribution in [3.8, 4) is 0 Å². The summed E-state index contributed by atoms with van der Waals surface area (Å²) in [5, 5.41) is 8.60. The van der Waals surface area contributed by atoms with Gasteiger partial charge in [0, 0.05) is 13.2 Å². The minimum absolute atomic E-state index is 0.141. The van der Waals surface area contributed by atoms with E-state index in [1.165, 1.54) is 11.3 Å². The second-order valence-electron chi connectivity index (χ2n) is 4.60. The number of thiophene rings is 1. The number of rotatable bonds is 2. The lowest BCUT2D eigenvalue weighted by atomic mass is 10.2. The number of nitrogens with zero attached hydrogens (tertiary/aromatic N) is 4. The van der Waals surface area contributed by atoms with Crippen molar-refractivity contribution in [2.24, 2.45) is 7.05 Å². The van der Waals surface area contributed by atoms with Gasteiger partial charge < -0.3 is 4.57 Å². The van der Waals surface area contributed by atoms with Gasteiger partial charge in [-0.2, -0.15) is 10.1 Å². The summed E-state index contributed by atoms with van der Waals surface area (Å²) in [6.07, 6.45) is 1.78. The van der Waals surface area contributed by atoms with Gasteiger partial charge in [0.2, 0.25) is 5.78 Å². The van der Waals surface area contributed by atoms with Crippen LogP contribution in [0.1, 0.15) is 16.2 Å². The van der Waals surface area contributed by atoms with E-state index in [0.29, 0.717) is 15.9 Å². The number of hydrogen-bond acceptors (Lipinski definition) is 5. The molecule has 0 fully saturated rings. The molecule has 0 amide bonds. The molecule has 1 N–H and O–H groups in total. The summed E-state index contributed by atoms with van der Waals surface area (Å²) in [5.41, 5.74) is 1.21. The average molecular weight is 299 g/mol. The van der Waals surface area contributed by atoms with Gasteiger partial charge in [0.1, 0.15) is 4.70 Å². The predicted octanol–water partition coefficient (Wildman–Crippen LogP) is 1.20. The summed E-state index contributed by atoms with van der Waals surface area (Å²) >= 11 is 1.31. The van der Waals surface area contributed by atoms with E-state index in [0.717, 1.165) is 0 Å². The molecule has 7 nitrogen and oxygen atoms in total. The smallest absolute Gasteiger partial charge is 0.291 e. The van der Waals surface area contributed by atoms with Crippen LogP contribution in [-0.2, 0) is 7.05 Å². The third-order valence-electron chi connectivity index (χ3n) is 3.36. The largest absolute Gasteiger partial charge is 0.348 e. The van der Waals surface area contributed by atoms with Gasteiger partial charge in [-0.3, -0.25) is 9.59 Å². The zero-order valence-corrected chi connectivity index (χ0v) is 11.7. The van der Waals surface area contributed by atoms with Gasteiger partial charge in [0.05, 0.1) is 11.2 Å². The molecule has 21 heavy (non-hydrogen) atoms. The number of aromatic nitrogens is 5. The molecule has 0 aliphatic heterocycles. The van der Waals surface area contributed by atoms with Crippen molar-refractivity contribution in [2.75, 3.05) is 0 Å². The predicted molar refractivity (Wildman–Crippen MR) is 77.8 cm³/mol. The Bertz CT molecular complexity index is 1050. The first-order valence-corrected chi connectivity index (χ1v) is 7.05. The zero-order valence-electron chi connectivity index (χ0n) is 10.9. The fraction of sp³-hybridized carbons (Fsp3) is 0.0769. The molecule has 0 spiro atoms. The Hall–Kier alpha value is -2.74. The first-order chi connectivity index (χ1) is 10.2. The molecular formula is C13H9N5O2S. The van der Waals surface area contributed by atoms with Crippen molar-refractivity contribution >= 4 is 33.0 Å². The van der Waals surface area contributed by atoms with Gasteiger partial charge in [-0.25, -0.2) is 9.73 Å². The van der Waals surface area contributed by atoms with Crippen LogP contribution in [0.4, 0.5) is 0 Å². The van der Waals surface area contributed by atoms with E-state index in [4.69, 9.17) is 0 Å². The van der Waals surface area contributed by atoms with Crippen LogP contribution < -0.4 is 5.56 Å². The summed E-state index contributed by atoms with van der Waals surface area (Å²) in [6.45, 7) is 0. The van der Waals surface area contributed by atoms with Crippen molar-refractivity contribution < 1.29 is 4.79 Å². The van der Waals surface area contributed by atoms with Crippen molar-refractivity contribution in [3.63, 3.8) is 0 Å². The Morgan fingerprint density at radius 2 is 2.24 bits per heavy atom. The van der Waals surface area contributed by atoms with Crippen molar-refractivity contribution in [2.45, 2.75) is 0 Å². The molecule has 4 heterocycles. The second-order valence-corrected chi connectivity index (χ2v) is 5.52. The van der Waals surface area contributed by atoms with Gasteiger partial charge in [-0.05, 0) is 23.6 Å². The van der Waals surface area contributed by atoms with Gasteiger partial charge in [0.15, 0.2) is 11.3 Å². The maximum absolute atomic E-state index is 12.5. The number of H-pyrrole nitrogens is 1. The molecule has 0 aliphatic carbocycles. The molecule has 4 aromatic heterocycles. The van der Waals surface area contributed by atoms with E-state index in [1.54, 1.807) is 45.9 Å². The number of ketones is 1. The molecular weight excluding hydrogens is 290 g/mol. The van der Waals surface area contributed by atoms with Crippen LogP contribution in [-0.4, -0.2) is 30.2 Å². The Morgan fingerprint density at radius 1 is 1.38 bits per heavy atom. The van der Waals surface area contributed by atoms with Gasteiger partial charge in [-0.1, -0.05) is 0 Å². The van der Waals surface area contributed by atoms with Gasteiger partial charge in [-0.15, -0.1) is 11.3 Å². The second kappa shape index (κ2) is 4.13. The third kappa shape index (κ3) is 1.59. The lowest BCUT2D eigenvalue weighted by Crippen LogP contribution is -2.12. The number of carbonyl (C=O) groups excluding carboxylic acids is 1. The van der Waals surface area contributed by atoms with E-state index in [1.807, 2.05) is 0 Å². The Morgan fingerprint density at radius 3 is 3.00 bits per heavy atom. The zero-order chi connectivity index (χ0) is 14.6. The van der Waals surface area contributed by atoms with Crippen molar-refractivity contribution in [1.29, 1.82) is 0 Å². The molecule has 0 saturated heterocycles. The minimum Gasteiger partial charge on any atom is -0.348 e. The Labute approximate surface area is 121 Å². The van der Waals surface area contributed by atoms with Crippen LogP contribution in [0.2, 0.25) is 0 Å². The standard InChI is InChI=1S/C13H9N5O2S/c1-17-5-2-3-7(17)10(19)9-12-14-13(20)11-8(4-6-21-11)18(12)16-15-9/h2-6,16H,1H3. The van der Waals surface area contributed by atoms with E-state index in [-0.39, 0.29) is 22.7 Å². The number of aryl methyl sites for hydroxylation is 1. The van der Waals surface area contributed by atoms with Crippen LogP contribution in [0.25, 0.3) is 15.9 Å². The molecule has 0 saturated carbocycles. The molecule has 0 unspecified atom stereocenters. The summed E-state index contributed by atoms with van der Waals surface area (Å²) in [4.78, 5) is 28.5. The summed E-state index contributed by atoms with van der Waals surface area (Å²) in [5.74, 6) is -0.275. The van der Waals surface area contributed by atoms with Gasteiger partial charge >= 0.3 is 0 Å². The van der Waals surface area contributed by atoms with Crippen LogP contribution in [0.5, 0.6) is 0 Å². The first-order valence-electron chi connectivity index (χ1n) is 6.17. The summed E-state index contributed by atoms with van der Waals surface area (Å²) < 4.78 is 3.80. The van der Waals surface area contributed by atoms with Crippen molar-refractivity contribution in [1.82, 2.24) is 24.4 Å². The Balaban J connectivity index is 2.03. The van der Waals surface area contributed by atoms with E-state index >= 15 is 0 Å². The van der Waals surface area contributed by atoms with E-state index in [9.17, 15) is 9.59 Å². The minimum atomic E-state index is -0.345. The molecule has 104 valence electrons. The molecule has 4 rings (SSSR count). The number of aromatic amines is 1.